The number of carbonyl (C=O) groups excluding carboxylic acids is 2. The van der Waals surface area contributed by atoms with Crippen molar-refractivity contribution in [2.24, 2.45) is 0 Å². The van der Waals surface area contributed by atoms with E-state index >= 15 is 0 Å². The zero-order chi connectivity index (χ0) is 27.9. The Morgan fingerprint density at radius 3 is 2.21 bits per heavy atom. The number of sulfonamides is 1. The van der Waals surface area contributed by atoms with Crippen molar-refractivity contribution in [1.29, 1.82) is 0 Å². The average Bonchev–Trinajstić information content (AvgIpc) is 2.90. The van der Waals surface area contributed by atoms with E-state index in [1.165, 1.54) is 36.3 Å². The van der Waals surface area contributed by atoms with Crippen LogP contribution in [-0.4, -0.2) is 50.9 Å². The molecule has 3 aromatic rings. The monoisotopic (exact) mass is 541 g/mol. The summed E-state index contributed by atoms with van der Waals surface area (Å²) < 4.78 is 47.1. The molecule has 8 nitrogen and oxygen atoms in total. The van der Waals surface area contributed by atoms with Gasteiger partial charge in [-0.1, -0.05) is 30.3 Å². The van der Waals surface area contributed by atoms with Gasteiger partial charge in [-0.3, -0.25) is 13.9 Å². The number of nitrogens with zero attached hydrogens (tertiary/aromatic N) is 2. The molecule has 1 unspecified atom stereocenters. The summed E-state index contributed by atoms with van der Waals surface area (Å²) in [5.41, 5.74) is 0.811. The van der Waals surface area contributed by atoms with Crippen molar-refractivity contribution < 1.29 is 27.1 Å². The lowest BCUT2D eigenvalue weighted by Crippen LogP contribution is -2.52. The summed E-state index contributed by atoms with van der Waals surface area (Å²) in [7, 11) is -2.68. The number of nitrogens with one attached hydrogen (secondary N) is 1. The first kappa shape index (κ1) is 28.6. The van der Waals surface area contributed by atoms with Crippen LogP contribution in [0.5, 0.6) is 5.75 Å². The number of ether oxygens (including phenoxy) is 1. The Balaban J connectivity index is 2.02. The van der Waals surface area contributed by atoms with Crippen LogP contribution in [0.25, 0.3) is 0 Å². The number of carbonyl (C=O) groups is 2. The van der Waals surface area contributed by atoms with Crippen LogP contribution in [0.2, 0.25) is 0 Å². The summed E-state index contributed by atoms with van der Waals surface area (Å²) in [6, 6.07) is 18.5. The van der Waals surface area contributed by atoms with E-state index in [1.54, 1.807) is 49.4 Å². The fraction of sp³-hybridized carbons (Fsp3) is 0.286. The zero-order valence-corrected chi connectivity index (χ0v) is 22.6. The predicted octanol–water partition coefficient (Wildman–Crippen LogP) is 3.97. The lowest BCUT2D eigenvalue weighted by Gasteiger charge is -2.32. The minimum Gasteiger partial charge on any atom is -0.497 e. The molecule has 0 heterocycles. The number of hydrogen-bond acceptors (Lipinski definition) is 5. The second-order valence-electron chi connectivity index (χ2n) is 9.01. The summed E-state index contributed by atoms with van der Waals surface area (Å²) in [6.45, 7) is 4.63. The summed E-state index contributed by atoms with van der Waals surface area (Å²) in [6.07, 6.45) is 0. The van der Waals surface area contributed by atoms with E-state index in [4.69, 9.17) is 4.74 Å². The molecule has 0 aliphatic heterocycles. The van der Waals surface area contributed by atoms with Crippen molar-refractivity contribution >= 4 is 27.5 Å². The minimum atomic E-state index is -4.20. The lowest BCUT2D eigenvalue weighted by atomic mass is 10.1. The maximum absolute atomic E-state index is 13.8. The Labute approximate surface area is 223 Å². The third-order valence-corrected chi connectivity index (χ3v) is 7.60. The molecular formula is C28H32FN3O5S. The topological polar surface area (TPSA) is 96.0 Å². The van der Waals surface area contributed by atoms with Gasteiger partial charge in [0, 0.05) is 12.6 Å². The quantitative estimate of drug-likeness (QED) is 0.396. The van der Waals surface area contributed by atoms with Crippen LogP contribution in [0.3, 0.4) is 0 Å². The number of methoxy groups -OCH3 is 1. The molecule has 38 heavy (non-hydrogen) atoms. The summed E-state index contributed by atoms with van der Waals surface area (Å²) in [4.78, 5) is 28.0. The molecule has 0 bridgehead atoms. The fourth-order valence-corrected chi connectivity index (χ4v) is 5.25. The maximum Gasteiger partial charge on any atom is 0.264 e. The molecule has 0 spiro atoms. The largest absolute Gasteiger partial charge is 0.497 e. The molecule has 1 N–H and O–H groups in total. The van der Waals surface area contributed by atoms with Crippen molar-refractivity contribution in [3.63, 3.8) is 0 Å². The SMILES string of the molecule is COc1cccc(CN(C(=O)CN(c2ccc(F)cc2)S(=O)(=O)c2ccccc2)C(C)C(=O)NC(C)C)c1. The van der Waals surface area contributed by atoms with Gasteiger partial charge in [-0.25, -0.2) is 12.8 Å². The Hall–Kier alpha value is -3.92. The molecule has 0 aromatic heterocycles. The van der Waals surface area contributed by atoms with Crippen molar-refractivity contribution in [3.8, 4) is 5.75 Å². The molecule has 202 valence electrons. The van der Waals surface area contributed by atoms with Crippen LogP contribution >= 0.6 is 0 Å². The molecule has 0 fully saturated rings. The van der Waals surface area contributed by atoms with Crippen LogP contribution < -0.4 is 14.4 Å². The molecular weight excluding hydrogens is 509 g/mol. The van der Waals surface area contributed by atoms with E-state index in [9.17, 15) is 22.4 Å². The molecule has 0 aliphatic rings. The Morgan fingerprint density at radius 2 is 1.61 bits per heavy atom. The Kier molecular flexibility index (Phi) is 9.46. The van der Waals surface area contributed by atoms with Gasteiger partial charge in [0.2, 0.25) is 11.8 Å². The highest BCUT2D eigenvalue weighted by Gasteiger charge is 2.32. The summed E-state index contributed by atoms with van der Waals surface area (Å²) in [5.74, 6) is -0.955. The van der Waals surface area contributed by atoms with Crippen molar-refractivity contribution in [3.05, 3.63) is 90.2 Å². The van der Waals surface area contributed by atoms with Gasteiger partial charge in [-0.15, -0.1) is 0 Å². The number of halogens is 1. The molecule has 1 atom stereocenters. The minimum absolute atomic E-state index is 0.0259. The first-order chi connectivity index (χ1) is 18.0. The van der Waals surface area contributed by atoms with Crippen LogP contribution in [0.1, 0.15) is 26.3 Å². The van der Waals surface area contributed by atoms with Crippen molar-refractivity contribution in [2.75, 3.05) is 18.0 Å². The molecule has 10 heteroatoms. The van der Waals surface area contributed by atoms with Gasteiger partial charge in [0.05, 0.1) is 17.7 Å². The van der Waals surface area contributed by atoms with Crippen molar-refractivity contribution in [2.45, 2.75) is 44.3 Å². The number of amides is 2. The predicted molar refractivity (Wildman–Crippen MR) is 144 cm³/mol. The fourth-order valence-electron chi connectivity index (χ4n) is 3.81. The molecule has 2 amide bonds. The van der Waals surface area contributed by atoms with Crippen molar-refractivity contribution in [1.82, 2.24) is 10.2 Å². The molecule has 3 rings (SSSR count). The van der Waals surface area contributed by atoms with Crippen LogP contribution in [0, 0.1) is 5.82 Å². The first-order valence-electron chi connectivity index (χ1n) is 12.1. The number of anilines is 1. The third kappa shape index (κ3) is 7.10. The highest BCUT2D eigenvalue weighted by molar-refractivity contribution is 7.92. The molecule has 3 aromatic carbocycles. The first-order valence-corrected chi connectivity index (χ1v) is 13.5. The lowest BCUT2D eigenvalue weighted by molar-refractivity contribution is -0.139. The van der Waals surface area contributed by atoms with Gasteiger partial charge in [-0.2, -0.15) is 0 Å². The van der Waals surface area contributed by atoms with E-state index in [1.807, 2.05) is 13.8 Å². The van der Waals surface area contributed by atoms with E-state index in [0.29, 0.717) is 11.3 Å². The average molecular weight is 542 g/mol. The van der Waals surface area contributed by atoms with Gasteiger partial charge >= 0.3 is 0 Å². The summed E-state index contributed by atoms with van der Waals surface area (Å²) >= 11 is 0. The van der Waals surface area contributed by atoms with Gasteiger partial charge in [0.25, 0.3) is 10.0 Å². The third-order valence-electron chi connectivity index (χ3n) is 5.81. The van der Waals surface area contributed by atoms with Crippen LogP contribution in [-0.2, 0) is 26.2 Å². The van der Waals surface area contributed by atoms with Gasteiger partial charge in [0.1, 0.15) is 24.2 Å². The van der Waals surface area contributed by atoms with Crippen LogP contribution in [0.4, 0.5) is 10.1 Å². The normalized spacial score (nSPS) is 12.1. The second-order valence-corrected chi connectivity index (χ2v) is 10.9. The zero-order valence-electron chi connectivity index (χ0n) is 21.8. The van der Waals surface area contributed by atoms with E-state index in [0.717, 1.165) is 16.4 Å². The van der Waals surface area contributed by atoms with E-state index < -0.39 is 34.3 Å². The van der Waals surface area contributed by atoms with E-state index in [2.05, 4.69) is 5.32 Å². The van der Waals surface area contributed by atoms with Gasteiger partial charge < -0.3 is 15.0 Å². The number of rotatable bonds is 11. The van der Waals surface area contributed by atoms with Crippen LogP contribution in [0.15, 0.2) is 83.8 Å². The second kappa shape index (κ2) is 12.6. The molecule has 0 saturated carbocycles. The number of hydrogen-bond donors (Lipinski definition) is 1. The van der Waals surface area contributed by atoms with E-state index in [-0.39, 0.29) is 29.1 Å². The molecule has 0 radical (unpaired) electrons. The number of benzene rings is 3. The molecule has 0 aliphatic carbocycles. The highest BCUT2D eigenvalue weighted by atomic mass is 32.2. The Bertz CT molecular complexity index is 1350. The van der Waals surface area contributed by atoms with Gasteiger partial charge in [-0.05, 0) is 74.9 Å². The Morgan fingerprint density at radius 1 is 0.947 bits per heavy atom. The standard InChI is InChI=1S/C28H32FN3O5S/c1-20(2)30-28(34)21(3)31(18-22-9-8-10-25(17-22)37-4)27(33)19-32(24-15-13-23(29)14-16-24)38(35,36)26-11-6-5-7-12-26/h5-17,20-21H,18-19H2,1-4H3,(H,30,34). The maximum atomic E-state index is 13.8. The highest BCUT2D eigenvalue weighted by Crippen LogP contribution is 2.25. The molecule has 0 saturated heterocycles. The smallest absolute Gasteiger partial charge is 0.264 e. The summed E-state index contributed by atoms with van der Waals surface area (Å²) in [5, 5.41) is 2.80. The van der Waals surface area contributed by atoms with Gasteiger partial charge in [0.15, 0.2) is 0 Å².